The number of nitrogens with zero attached hydrogens (tertiary/aromatic N) is 1. The van der Waals surface area contributed by atoms with Gasteiger partial charge < -0.3 is 9.47 Å². The van der Waals surface area contributed by atoms with E-state index in [1.165, 1.54) is 0 Å². The summed E-state index contributed by atoms with van der Waals surface area (Å²) in [5, 5.41) is 0.587. The standard InChI is InChI=1S/C25H24ClF2NO3/c1-13-6-5-7-20(31-23(27)28)21(13)18-12-19(29-24(30)32-25(2,3)4)17-10-14-8-9-15(26)11-16(14)22(17)18/h5-11,18,22-23H,12H2,1-4H3. The number of hydrogen-bond donors (Lipinski definition) is 0. The molecule has 4 rings (SSSR count). The van der Waals surface area contributed by atoms with Crippen LogP contribution >= 0.6 is 11.6 Å². The number of carbonyl (C=O) groups is 1. The highest BCUT2D eigenvalue weighted by Gasteiger charge is 2.44. The van der Waals surface area contributed by atoms with Gasteiger partial charge in [0.1, 0.15) is 11.4 Å². The van der Waals surface area contributed by atoms with Gasteiger partial charge in [0.15, 0.2) is 0 Å². The lowest BCUT2D eigenvalue weighted by Gasteiger charge is -2.23. The Labute approximate surface area is 190 Å². The molecule has 2 atom stereocenters. The molecule has 2 aliphatic rings. The molecular weight excluding hydrogens is 436 g/mol. The van der Waals surface area contributed by atoms with E-state index in [0.29, 0.717) is 22.7 Å². The lowest BCUT2D eigenvalue weighted by molar-refractivity contribution is -0.0506. The number of ether oxygens (including phenoxy) is 2. The molecule has 0 spiro atoms. The van der Waals surface area contributed by atoms with Gasteiger partial charge in [-0.1, -0.05) is 29.8 Å². The Morgan fingerprint density at radius 2 is 1.97 bits per heavy atom. The molecule has 0 heterocycles. The first-order valence-corrected chi connectivity index (χ1v) is 10.8. The average molecular weight is 460 g/mol. The van der Waals surface area contributed by atoms with Crippen molar-refractivity contribution in [3.63, 3.8) is 0 Å². The molecule has 7 heteroatoms. The molecule has 0 saturated heterocycles. The van der Waals surface area contributed by atoms with Gasteiger partial charge in [-0.15, -0.1) is 0 Å². The normalized spacial score (nSPS) is 20.9. The summed E-state index contributed by atoms with van der Waals surface area (Å²) in [7, 11) is 0. The Kier molecular flexibility index (Phi) is 5.84. The summed E-state index contributed by atoms with van der Waals surface area (Å²) in [6.07, 6.45) is 1.72. The van der Waals surface area contributed by atoms with Crippen molar-refractivity contribution in [3.05, 3.63) is 69.2 Å². The Balaban J connectivity index is 1.83. The lowest BCUT2D eigenvalue weighted by Crippen LogP contribution is -2.22. The molecule has 1 amide bonds. The van der Waals surface area contributed by atoms with Gasteiger partial charge in [-0.3, -0.25) is 0 Å². The van der Waals surface area contributed by atoms with E-state index in [4.69, 9.17) is 21.1 Å². The third-order valence-corrected chi connectivity index (χ3v) is 5.90. The van der Waals surface area contributed by atoms with Crippen LogP contribution in [0.3, 0.4) is 0 Å². The summed E-state index contributed by atoms with van der Waals surface area (Å²) < 4.78 is 36.6. The van der Waals surface area contributed by atoms with E-state index in [9.17, 15) is 13.6 Å². The third kappa shape index (κ3) is 4.42. The van der Waals surface area contributed by atoms with Crippen LogP contribution in [0.15, 0.2) is 47.0 Å². The highest BCUT2D eigenvalue weighted by Crippen LogP contribution is 2.55. The van der Waals surface area contributed by atoms with Crippen LogP contribution in [-0.4, -0.2) is 24.0 Å². The molecule has 0 radical (unpaired) electrons. The molecule has 2 unspecified atom stereocenters. The van der Waals surface area contributed by atoms with Crippen LogP contribution in [0.4, 0.5) is 13.6 Å². The van der Waals surface area contributed by atoms with Gasteiger partial charge in [-0.2, -0.15) is 13.8 Å². The fourth-order valence-corrected chi connectivity index (χ4v) is 4.79. The first kappa shape index (κ1) is 22.5. The minimum Gasteiger partial charge on any atom is -0.442 e. The molecule has 0 aromatic heterocycles. The summed E-state index contributed by atoms with van der Waals surface area (Å²) in [6.45, 7) is 4.26. The first-order chi connectivity index (χ1) is 15.0. The van der Waals surface area contributed by atoms with Gasteiger partial charge >= 0.3 is 12.7 Å². The van der Waals surface area contributed by atoms with E-state index < -0.39 is 18.3 Å². The second kappa shape index (κ2) is 8.32. The molecule has 1 saturated carbocycles. The molecular formula is C25H24ClF2NO3. The van der Waals surface area contributed by atoms with E-state index in [-0.39, 0.29) is 17.6 Å². The maximum Gasteiger partial charge on any atom is 0.434 e. The van der Waals surface area contributed by atoms with E-state index in [2.05, 4.69) is 4.99 Å². The topological polar surface area (TPSA) is 47.9 Å². The number of amides is 1. The molecule has 168 valence electrons. The molecule has 32 heavy (non-hydrogen) atoms. The highest BCUT2D eigenvalue weighted by molar-refractivity contribution is 6.30. The van der Waals surface area contributed by atoms with Crippen LogP contribution in [0.5, 0.6) is 5.75 Å². The predicted octanol–water partition coefficient (Wildman–Crippen LogP) is 7.29. The summed E-state index contributed by atoms with van der Waals surface area (Å²) in [6, 6.07) is 10.7. The van der Waals surface area contributed by atoms with Crippen molar-refractivity contribution < 1.29 is 23.0 Å². The zero-order chi connectivity index (χ0) is 23.2. The summed E-state index contributed by atoms with van der Waals surface area (Å²) in [4.78, 5) is 16.7. The number of aliphatic imine (C=N–C) groups is 1. The van der Waals surface area contributed by atoms with Crippen LogP contribution in [0.2, 0.25) is 5.02 Å². The maximum absolute atomic E-state index is 13.1. The maximum atomic E-state index is 13.1. The Morgan fingerprint density at radius 3 is 2.66 bits per heavy atom. The Morgan fingerprint density at radius 1 is 1.22 bits per heavy atom. The quantitative estimate of drug-likeness (QED) is 0.484. The van der Waals surface area contributed by atoms with Gasteiger partial charge in [0.2, 0.25) is 0 Å². The lowest BCUT2D eigenvalue weighted by atomic mass is 9.82. The van der Waals surface area contributed by atoms with Crippen LogP contribution in [0.1, 0.15) is 61.3 Å². The van der Waals surface area contributed by atoms with Crippen LogP contribution in [0.25, 0.3) is 6.08 Å². The minimum absolute atomic E-state index is 0.137. The van der Waals surface area contributed by atoms with Crippen molar-refractivity contribution in [2.45, 2.75) is 58.2 Å². The molecule has 4 nitrogen and oxygen atoms in total. The molecule has 1 fully saturated rings. The molecule has 0 N–H and O–H groups in total. The fourth-order valence-electron chi connectivity index (χ4n) is 4.61. The van der Waals surface area contributed by atoms with Gasteiger partial charge in [0, 0.05) is 22.4 Å². The first-order valence-electron chi connectivity index (χ1n) is 10.4. The van der Waals surface area contributed by atoms with Crippen molar-refractivity contribution in [3.8, 4) is 5.75 Å². The number of hydrogen-bond acceptors (Lipinski definition) is 3. The molecule has 2 aromatic rings. The van der Waals surface area contributed by atoms with Crippen LogP contribution in [-0.2, 0) is 4.74 Å². The third-order valence-electron chi connectivity index (χ3n) is 5.67. The highest BCUT2D eigenvalue weighted by atomic mass is 35.5. The Bertz CT molecular complexity index is 1130. The fraction of sp³-hybridized carbons (Fsp3) is 0.360. The summed E-state index contributed by atoms with van der Waals surface area (Å²) in [5.41, 5.74) is 4.27. The number of carbonyl (C=O) groups excluding carboxylic acids is 1. The largest absolute Gasteiger partial charge is 0.442 e. The van der Waals surface area contributed by atoms with Crippen LogP contribution < -0.4 is 4.74 Å². The van der Waals surface area contributed by atoms with Crippen molar-refractivity contribution in [2.75, 3.05) is 0 Å². The Hall–Kier alpha value is -2.73. The second-order valence-corrected chi connectivity index (χ2v) is 9.50. The average Bonchev–Trinajstić information content (AvgIpc) is 3.18. The van der Waals surface area contributed by atoms with E-state index in [1.807, 2.05) is 31.2 Å². The number of aryl methyl sites for hydroxylation is 1. The summed E-state index contributed by atoms with van der Waals surface area (Å²) in [5.74, 6) is -0.276. The van der Waals surface area contributed by atoms with Crippen molar-refractivity contribution in [1.29, 1.82) is 0 Å². The van der Waals surface area contributed by atoms with Gasteiger partial charge in [-0.05, 0) is 80.7 Å². The van der Waals surface area contributed by atoms with Crippen molar-refractivity contribution in [2.24, 2.45) is 4.99 Å². The molecule has 2 aromatic carbocycles. The smallest absolute Gasteiger partial charge is 0.434 e. The van der Waals surface area contributed by atoms with Gasteiger partial charge in [0.05, 0.1) is 5.71 Å². The zero-order valence-corrected chi connectivity index (χ0v) is 19.0. The van der Waals surface area contributed by atoms with E-state index >= 15 is 0 Å². The number of halogens is 3. The SMILES string of the molecule is Cc1cccc(OC(F)F)c1C1CC(=NC(=O)OC(C)(C)C)C2=Cc3ccc(Cl)cc3C21. The van der Waals surface area contributed by atoms with Crippen molar-refractivity contribution >= 4 is 29.5 Å². The van der Waals surface area contributed by atoms with E-state index in [1.54, 1.807) is 39.0 Å². The number of fused-ring (bicyclic) bond motifs is 3. The minimum atomic E-state index is -2.94. The molecule has 2 aliphatic carbocycles. The predicted molar refractivity (Wildman–Crippen MR) is 121 cm³/mol. The van der Waals surface area contributed by atoms with Crippen LogP contribution in [0, 0.1) is 6.92 Å². The zero-order valence-electron chi connectivity index (χ0n) is 18.3. The number of benzene rings is 2. The van der Waals surface area contributed by atoms with Gasteiger partial charge in [0.25, 0.3) is 0 Å². The number of rotatable bonds is 3. The monoisotopic (exact) mass is 459 g/mol. The molecule has 0 bridgehead atoms. The van der Waals surface area contributed by atoms with E-state index in [0.717, 1.165) is 22.3 Å². The summed E-state index contributed by atoms with van der Waals surface area (Å²) >= 11 is 6.28. The molecule has 0 aliphatic heterocycles. The van der Waals surface area contributed by atoms with Gasteiger partial charge in [-0.25, -0.2) is 4.79 Å². The number of alkyl halides is 2. The number of allylic oxidation sites excluding steroid dienone is 1. The van der Waals surface area contributed by atoms with Crippen molar-refractivity contribution in [1.82, 2.24) is 0 Å². The second-order valence-electron chi connectivity index (χ2n) is 9.07.